The first-order valence-corrected chi connectivity index (χ1v) is 6.02. The van der Waals surface area contributed by atoms with Crippen molar-refractivity contribution < 1.29 is 13.9 Å². The Balaban J connectivity index is 2.72. The molecule has 0 aromatic heterocycles. The van der Waals surface area contributed by atoms with Gasteiger partial charge in [0.05, 0.1) is 6.61 Å². The SMILES string of the molecule is CCOC(=O)C(Br)Cc1cc(F)ccc1C. The van der Waals surface area contributed by atoms with Crippen molar-refractivity contribution in [3.63, 3.8) is 0 Å². The second-order valence-electron chi connectivity index (χ2n) is 3.49. The molecule has 0 saturated heterocycles. The number of carbonyl (C=O) groups excluding carboxylic acids is 1. The number of carbonyl (C=O) groups is 1. The quantitative estimate of drug-likeness (QED) is 0.629. The normalized spacial score (nSPS) is 12.2. The zero-order valence-electron chi connectivity index (χ0n) is 9.30. The third kappa shape index (κ3) is 3.59. The van der Waals surface area contributed by atoms with Crippen LogP contribution in [0.4, 0.5) is 4.39 Å². The fraction of sp³-hybridized carbons (Fsp3) is 0.417. The Labute approximate surface area is 103 Å². The maximum Gasteiger partial charge on any atom is 0.320 e. The van der Waals surface area contributed by atoms with Crippen molar-refractivity contribution in [2.75, 3.05) is 6.61 Å². The van der Waals surface area contributed by atoms with Gasteiger partial charge < -0.3 is 4.74 Å². The minimum atomic E-state index is -0.423. The number of esters is 1. The molecule has 1 unspecified atom stereocenters. The maximum absolute atomic E-state index is 13.0. The van der Waals surface area contributed by atoms with E-state index in [0.29, 0.717) is 13.0 Å². The van der Waals surface area contributed by atoms with Gasteiger partial charge in [0.25, 0.3) is 0 Å². The second-order valence-corrected chi connectivity index (χ2v) is 4.60. The van der Waals surface area contributed by atoms with Crippen LogP contribution in [0.25, 0.3) is 0 Å². The van der Waals surface area contributed by atoms with Gasteiger partial charge in [-0.05, 0) is 43.5 Å². The Morgan fingerprint density at radius 3 is 2.88 bits per heavy atom. The van der Waals surface area contributed by atoms with Crippen LogP contribution < -0.4 is 0 Å². The summed E-state index contributed by atoms with van der Waals surface area (Å²) in [6, 6.07) is 4.56. The van der Waals surface area contributed by atoms with Crippen LogP contribution in [-0.4, -0.2) is 17.4 Å². The van der Waals surface area contributed by atoms with Gasteiger partial charge in [0.15, 0.2) is 0 Å². The lowest BCUT2D eigenvalue weighted by Crippen LogP contribution is -2.20. The number of hydrogen-bond donors (Lipinski definition) is 0. The molecule has 0 radical (unpaired) electrons. The van der Waals surface area contributed by atoms with Crippen LogP contribution in [-0.2, 0) is 16.0 Å². The van der Waals surface area contributed by atoms with E-state index in [1.54, 1.807) is 13.0 Å². The summed E-state index contributed by atoms with van der Waals surface area (Å²) < 4.78 is 17.9. The van der Waals surface area contributed by atoms with Crippen LogP contribution in [0, 0.1) is 12.7 Å². The number of aryl methyl sites for hydroxylation is 1. The standard InChI is InChI=1S/C12H14BrFO2/c1-3-16-12(15)11(13)7-9-6-10(14)5-4-8(9)2/h4-6,11H,3,7H2,1-2H3. The Morgan fingerprint density at radius 1 is 1.56 bits per heavy atom. The van der Waals surface area contributed by atoms with E-state index in [1.807, 2.05) is 6.92 Å². The molecule has 2 nitrogen and oxygen atoms in total. The summed E-state index contributed by atoms with van der Waals surface area (Å²) >= 11 is 3.24. The van der Waals surface area contributed by atoms with Crippen LogP contribution in [0.15, 0.2) is 18.2 Å². The molecule has 1 aromatic rings. The molecule has 0 saturated carbocycles. The van der Waals surface area contributed by atoms with E-state index < -0.39 is 4.83 Å². The Bertz CT molecular complexity index is 379. The molecule has 0 aliphatic rings. The Morgan fingerprint density at radius 2 is 2.25 bits per heavy atom. The first-order valence-electron chi connectivity index (χ1n) is 5.10. The molecule has 0 fully saturated rings. The highest BCUT2D eigenvalue weighted by Crippen LogP contribution is 2.16. The monoisotopic (exact) mass is 288 g/mol. The van der Waals surface area contributed by atoms with E-state index in [0.717, 1.165) is 11.1 Å². The number of alkyl halides is 1. The number of hydrogen-bond acceptors (Lipinski definition) is 2. The largest absolute Gasteiger partial charge is 0.465 e. The van der Waals surface area contributed by atoms with E-state index in [-0.39, 0.29) is 11.8 Å². The summed E-state index contributed by atoms with van der Waals surface area (Å²) in [5, 5.41) is 0. The topological polar surface area (TPSA) is 26.3 Å². The highest BCUT2D eigenvalue weighted by molar-refractivity contribution is 9.10. The zero-order chi connectivity index (χ0) is 12.1. The predicted octanol–water partition coefficient (Wildman–Crippen LogP) is 3.00. The number of rotatable bonds is 4. The van der Waals surface area contributed by atoms with Gasteiger partial charge in [0.1, 0.15) is 10.6 Å². The van der Waals surface area contributed by atoms with Crippen LogP contribution in [0.5, 0.6) is 0 Å². The second kappa shape index (κ2) is 5.99. The molecular formula is C12H14BrFO2. The molecule has 0 spiro atoms. The lowest BCUT2D eigenvalue weighted by atomic mass is 10.0. The fourth-order valence-electron chi connectivity index (χ4n) is 1.37. The van der Waals surface area contributed by atoms with Crippen molar-refractivity contribution in [1.82, 2.24) is 0 Å². The third-order valence-corrected chi connectivity index (χ3v) is 2.95. The smallest absolute Gasteiger partial charge is 0.320 e. The maximum atomic E-state index is 13.0. The molecule has 0 N–H and O–H groups in total. The van der Waals surface area contributed by atoms with Crippen molar-refractivity contribution in [3.8, 4) is 0 Å². The fourth-order valence-corrected chi connectivity index (χ4v) is 1.85. The zero-order valence-corrected chi connectivity index (χ0v) is 10.9. The minimum absolute atomic E-state index is 0.288. The summed E-state index contributed by atoms with van der Waals surface area (Å²) in [7, 11) is 0. The van der Waals surface area contributed by atoms with Gasteiger partial charge in [-0.2, -0.15) is 0 Å². The number of benzene rings is 1. The van der Waals surface area contributed by atoms with Crippen molar-refractivity contribution in [1.29, 1.82) is 0 Å². The molecule has 4 heteroatoms. The van der Waals surface area contributed by atoms with E-state index in [4.69, 9.17) is 4.74 Å². The summed E-state index contributed by atoms with van der Waals surface area (Å²) in [6.07, 6.45) is 0.433. The van der Waals surface area contributed by atoms with Crippen LogP contribution >= 0.6 is 15.9 Å². The molecule has 1 aromatic carbocycles. The van der Waals surface area contributed by atoms with E-state index in [9.17, 15) is 9.18 Å². The van der Waals surface area contributed by atoms with Gasteiger partial charge in [0.2, 0.25) is 0 Å². The molecule has 1 atom stereocenters. The van der Waals surface area contributed by atoms with Gasteiger partial charge in [-0.3, -0.25) is 4.79 Å². The van der Waals surface area contributed by atoms with Gasteiger partial charge in [-0.1, -0.05) is 22.0 Å². The van der Waals surface area contributed by atoms with Gasteiger partial charge in [-0.25, -0.2) is 4.39 Å². The molecule has 1 rings (SSSR count). The highest BCUT2D eigenvalue weighted by Gasteiger charge is 2.17. The minimum Gasteiger partial charge on any atom is -0.465 e. The lowest BCUT2D eigenvalue weighted by molar-refractivity contribution is -0.142. The summed E-state index contributed by atoms with van der Waals surface area (Å²) in [6.45, 7) is 3.99. The molecular weight excluding hydrogens is 275 g/mol. The number of halogens is 2. The first-order chi connectivity index (χ1) is 7.54. The highest BCUT2D eigenvalue weighted by atomic mass is 79.9. The Kier molecular flexibility index (Phi) is 4.93. The first kappa shape index (κ1) is 13.2. The van der Waals surface area contributed by atoms with Crippen molar-refractivity contribution in [3.05, 3.63) is 35.1 Å². The molecule has 0 heterocycles. The van der Waals surface area contributed by atoms with Crippen LogP contribution in [0.2, 0.25) is 0 Å². The van der Waals surface area contributed by atoms with Crippen LogP contribution in [0.1, 0.15) is 18.1 Å². The third-order valence-electron chi connectivity index (χ3n) is 2.25. The predicted molar refractivity (Wildman–Crippen MR) is 64.2 cm³/mol. The van der Waals surface area contributed by atoms with Gasteiger partial charge in [-0.15, -0.1) is 0 Å². The molecule has 0 aliphatic heterocycles. The van der Waals surface area contributed by atoms with Gasteiger partial charge >= 0.3 is 5.97 Å². The average Bonchev–Trinajstić information content (AvgIpc) is 2.23. The summed E-state index contributed by atoms with van der Waals surface area (Å²) in [5.74, 6) is -0.602. The molecule has 88 valence electrons. The van der Waals surface area contributed by atoms with Crippen molar-refractivity contribution in [2.24, 2.45) is 0 Å². The lowest BCUT2D eigenvalue weighted by Gasteiger charge is -2.11. The summed E-state index contributed by atoms with van der Waals surface area (Å²) in [4.78, 5) is 11.0. The van der Waals surface area contributed by atoms with E-state index in [2.05, 4.69) is 15.9 Å². The molecule has 0 amide bonds. The van der Waals surface area contributed by atoms with Crippen molar-refractivity contribution >= 4 is 21.9 Å². The molecule has 0 aliphatic carbocycles. The van der Waals surface area contributed by atoms with Gasteiger partial charge in [0, 0.05) is 0 Å². The van der Waals surface area contributed by atoms with Crippen LogP contribution in [0.3, 0.4) is 0 Å². The molecule has 16 heavy (non-hydrogen) atoms. The Hall–Kier alpha value is -0.900. The summed E-state index contributed by atoms with van der Waals surface area (Å²) in [5.41, 5.74) is 1.78. The number of ether oxygens (including phenoxy) is 1. The van der Waals surface area contributed by atoms with E-state index >= 15 is 0 Å². The van der Waals surface area contributed by atoms with Crippen molar-refractivity contribution in [2.45, 2.75) is 25.1 Å². The molecule has 0 bridgehead atoms. The average molecular weight is 289 g/mol. The van der Waals surface area contributed by atoms with E-state index in [1.165, 1.54) is 12.1 Å².